The van der Waals surface area contributed by atoms with Gasteiger partial charge in [0.15, 0.2) is 5.76 Å². The highest BCUT2D eigenvalue weighted by atomic mass is 35.5. The van der Waals surface area contributed by atoms with Crippen molar-refractivity contribution >= 4 is 52.0 Å². The number of benzene rings is 2. The van der Waals surface area contributed by atoms with Crippen LogP contribution in [-0.2, 0) is 0 Å². The lowest BCUT2D eigenvalue weighted by molar-refractivity contribution is -0.384. The number of halogens is 2. The van der Waals surface area contributed by atoms with Crippen LogP contribution in [-0.4, -0.2) is 21.6 Å². The van der Waals surface area contributed by atoms with Crippen LogP contribution in [0, 0.1) is 24.0 Å². The molecule has 1 amide bonds. The summed E-state index contributed by atoms with van der Waals surface area (Å²) in [6, 6.07) is 12.7. The van der Waals surface area contributed by atoms with Gasteiger partial charge in [0.1, 0.15) is 5.58 Å². The third kappa shape index (κ3) is 4.10. The van der Waals surface area contributed by atoms with Gasteiger partial charge in [-0.3, -0.25) is 14.9 Å². The monoisotopic (exact) mass is 470 g/mol. The SMILES string of the molecule is Cc1cc(/C=N/NC(=O)c2cc3cc([N+](=O)[O-])ccc3o2)c(C)n1-c1ccc(Cl)cc1Cl. The van der Waals surface area contributed by atoms with Gasteiger partial charge in [0.2, 0.25) is 0 Å². The van der Waals surface area contributed by atoms with Crippen LogP contribution in [0.25, 0.3) is 16.7 Å². The Balaban J connectivity index is 1.54. The molecule has 2 aromatic carbocycles. The number of carbonyl (C=O) groups is 1. The number of fused-ring (bicyclic) bond motifs is 1. The molecular formula is C22H16Cl2N4O4. The summed E-state index contributed by atoms with van der Waals surface area (Å²) < 4.78 is 7.42. The summed E-state index contributed by atoms with van der Waals surface area (Å²) in [4.78, 5) is 22.8. The maximum absolute atomic E-state index is 12.4. The third-order valence-corrected chi connectivity index (χ3v) is 5.46. The van der Waals surface area contributed by atoms with Crippen molar-refractivity contribution in [3.63, 3.8) is 0 Å². The molecule has 0 saturated carbocycles. The second-order valence-electron chi connectivity index (χ2n) is 7.05. The number of furan rings is 1. The molecule has 2 aromatic heterocycles. The van der Waals surface area contributed by atoms with Crippen LogP contribution in [0.3, 0.4) is 0 Å². The van der Waals surface area contributed by atoms with Crippen molar-refractivity contribution in [2.75, 3.05) is 0 Å². The van der Waals surface area contributed by atoms with Gasteiger partial charge in [0.25, 0.3) is 5.69 Å². The van der Waals surface area contributed by atoms with E-state index in [0.29, 0.717) is 21.0 Å². The molecule has 32 heavy (non-hydrogen) atoms. The van der Waals surface area contributed by atoms with Gasteiger partial charge in [-0.15, -0.1) is 0 Å². The molecule has 10 heteroatoms. The molecule has 8 nitrogen and oxygen atoms in total. The van der Waals surface area contributed by atoms with Crippen LogP contribution in [0.5, 0.6) is 0 Å². The number of non-ortho nitro benzene ring substituents is 1. The molecule has 0 saturated heterocycles. The van der Waals surface area contributed by atoms with Gasteiger partial charge >= 0.3 is 5.91 Å². The van der Waals surface area contributed by atoms with Crippen molar-refractivity contribution in [2.24, 2.45) is 5.10 Å². The fourth-order valence-electron chi connectivity index (χ4n) is 3.42. The molecule has 4 rings (SSSR count). The van der Waals surface area contributed by atoms with E-state index in [1.54, 1.807) is 12.1 Å². The van der Waals surface area contributed by atoms with E-state index in [4.69, 9.17) is 27.6 Å². The molecule has 162 valence electrons. The van der Waals surface area contributed by atoms with Gasteiger partial charge in [0.05, 0.1) is 21.8 Å². The number of carbonyl (C=O) groups excluding carboxylic acids is 1. The molecular weight excluding hydrogens is 455 g/mol. The predicted octanol–water partition coefficient (Wildman–Crippen LogP) is 5.82. The van der Waals surface area contributed by atoms with Crippen LogP contribution < -0.4 is 5.43 Å². The Kier molecular flexibility index (Phi) is 5.73. The van der Waals surface area contributed by atoms with Crippen molar-refractivity contribution in [1.29, 1.82) is 0 Å². The third-order valence-electron chi connectivity index (χ3n) is 4.93. The summed E-state index contributed by atoms with van der Waals surface area (Å²) in [7, 11) is 0. The molecule has 0 aliphatic carbocycles. The van der Waals surface area contributed by atoms with E-state index < -0.39 is 10.8 Å². The van der Waals surface area contributed by atoms with Crippen LogP contribution in [0.15, 0.2) is 58.0 Å². The maximum Gasteiger partial charge on any atom is 0.307 e. The lowest BCUT2D eigenvalue weighted by atomic mass is 10.2. The summed E-state index contributed by atoms with van der Waals surface area (Å²) in [6.45, 7) is 3.84. The van der Waals surface area contributed by atoms with E-state index in [1.165, 1.54) is 30.5 Å². The van der Waals surface area contributed by atoms with Gasteiger partial charge in [-0.25, -0.2) is 5.43 Å². The molecule has 0 unspecified atom stereocenters. The first-order valence-corrected chi connectivity index (χ1v) is 10.2. The molecule has 0 atom stereocenters. The van der Waals surface area contributed by atoms with Gasteiger partial charge in [-0.2, -0.15) is 5.10 Å². The number of nitrogens with one attached hydrogen (secondary N) is 1. The number of amides is 1. The Hall–Kier alpha value is -3.62. The summed E-state index contributed by atoms with van der Waals surface area (Å²) in [5.74, 6) is -0.578. The van der Waals surface area contributed by atoms with Crippen LogP contribution in [0.2, 0.25) is 10.0 Å². The van der Waals surface area contributed by atoms with Crippen LogP contribution >= 0.6 is 23.2 Å². The van der Waals surface area contributed by atoms with Crippen LogP contribution in [0.1, 0.15) is 27.5 Å². The molecule has 1 N–H and O–H groups in total. The Morgan fingerprint density at radius 1 is 1.16 bits per heavy atom. The number of aromatic nitrogens is 1. The zero-order valence-corrected chi connectivity index (χ0v) is 18.4. The lowest BCUT2D eigenvalue weighted by Gasteiger charge is -2.11. The molecule has 0 aliphatic heterocycles. The molecule has 4 aromatic rings. The summed E-state index contributed by atoms with van der Waals surface area (Å²) in [6.07, 6.45) is 1.52. The van der Waals surface area contributed by atoms with E-state index in [-0.39, 0.29) is 11.4 Å². The normalized spacial score (nSPS) is 11.4. The summed E-state index contributed by atoms with van der Waals surface area (Å²) in [5, 5.41) is 16.4. The van der Waals surface area contributed by atoms with Crippen molar-refractivity contribution in [3.05, 3.63) is 91.4 Å². The smallest absolute Gasteiger partial charge is 0.307 e. The fraction of sp³-hybridized carbons (Fsp3) is 0.0909. The molecule has 0 aliphatic rings. The highest BCUT2D eigenvalue weighted by molar-refractivity contribution is 6.35. The number of nitro benzene ring substituents is 1. The number of hydrogen-bond acceptors (Lipinski definition) is 5. The number of rotatable bonds is 5. The fourth-order valence-corrected chi connectivity index (χ4v) is 3.92. The van der Waals surface area contributed by atoms with Gasteiger partial charge < -0.3 is 8.98 Å². The zero-order valence-electron chi connectivity index (χ0n) is 16.9. The summed E-state index contributed by atoms with van der Waals surface area (Å²) in [5.41, 5.74) is 6.07. The number of aryl methyl sites for hydroxylation is 1. The van der Waals surface area contributed by atoms with Crippen molar-refractivity contribution in [2.45, 2.75) is 13.8 Å². The van der Waals surface area contributed by atoms with E-state index in [2.05, 4.69) is 10.5 Å². The first-order valence-electron chi connectivity index (χ1n) is 9.40. The number of nitrogens with zero attached hydrogens (tertiary/aromatic N) is 3. The largest absolute Gasteiger partial charge is 0.451 e. The maximum atomic E-state index is 12.4. The quantitative estimate of drug-likeness (QED) is 0.225. The zero-order chi connectivity index (χ0) is 23.0. The molecule has 0 spiro atoms. The van der Waals surface area contributed by atoms with Gasteiger partial charge in [-0.05, 0) is 50.2 Å². The van der Waals surface area contributed by atoms with E-state index >= 15 is 0 Å². The lowest BCUT2D eigenvalue weighted by Crippen LogP contribution is -2.16. The first-order chi connectivity index (χ1) is 15.2. The van der Waals surface area contributed by atoms with E-state index in [0.717, 1.165) is 22.6 Å². The Morgan fingerprint density at radius 3 is 2.66 bits per heavy atom. The Labute approximate surface area is 192 Å². The molecule has 2 heterocycles. The topological polar surface area (TPSA) is 103 Å². The Bertz CT molecular complexity index is 1400. The minimum Gasteiger partial charge on any atom is -0.451 e. The summed E-state index contributed by atoms with van der Waals surface area (Å²) >= 11 is 12.3. The van der Waals surface area contributed by atoms with Crippen LogP contribution in [0.4, 0.5) is 5.69 Å². The highest BCUT2D eigenvalue weighted by Crippen LogP contribution is 2.28. The average Bonchev–Trinajstić information content (AvgIpc) is 3.29. The second-order valence-corrected chi connectivity index (χ2v) is 7.89. The number of hydrazone groups is 1. The van der Waals surface area contributed by atoms with Gasteiger partial charge in [-0.1, -0.05) is 23.2 Å². The van der Waals surface area contributed by atoms with E-state index in [1.807, 2.05) is 30.5 Å². The first kappa shape index (κ1) is 21.6. The van der Waals surface area contributed by atoms with Crippen molar-refractivity contribution < 1.29 is 14.1 Å². The number of nitro groups is 1. The minimum absolute atomic E-state index is 0.00364. The van der Waals surface area contributed by atoms with Crippen molar-refractivity contribution in [3.8, 4) is 5.69 Å². The number of hydrogen-bond donors (Lipinski definition) is 1. The van der Waals surface area contributed by atoms with Gasteiger partial charge in [0, 0.05) is 39.5 Å². The standard InChI is InChI=1S/C22H16Cl2N4O4/c1-12-7-15(13(2)27(12)19-5-3-16(23)10-18(19)24)11-25-26-22(29)21-9-14-8-17(28(30)31)4-6-20(14)32-21/h3-11H,1-2H3,(H,26,29)/b25-11+. The molecule has 0 fully saturated rings. The highest BCUT2D eigenvalue weighted by Gasteiger charge is 2.15. The molecule has 0 radical (unpaired) electrons. The van der Waals surface area contributed by atoms with E-state index in [9.17, 15) is 14.9 Å². The molecule has 0 bridgehead atoms. The second kappa shape index (κ2) is 8.49. The van der Waals surface area contributed by atoms with Crippen molar-refractivity contribution in [1.82, 2.24) is 9.99 Å². The predicted molar refractivity (Wildman–Crippen MR) is 123 cm³/mol. The minimum atomic E-state index is -0.574. The average molecular weight is 471 g/mol. The Morgan fingerprint density at radius 2 is 1.94 bits per heavy atom.